The van der Waals surface area contributed by atoms with Crippen molar-refractivity contribution in [2.45, 2.75) is 173 Å². The highest BCUT2D eigenvalue weighted by molar-refractivity contribution is 5.91. The van der Waals surface area contributed by atoms with Crippen molar-refractivity contribution in [2.75, 3.05) is 0 Å². The van der Waals surface area contributed by atoms with Gasteiger partial charge in [-0.2, -0.15) is 0 Å². The zero-order valence-corrected chi connectivity index (χ0v) is 36.4. The van der Waals surface area contributed by atoms with Gasteiger partial charge in [0.15, 0.2) is 0 Å². The lowest BCUT2D eigenvalue weighted by Crippen LogP contribution is -2.14. The van der Waals surface area contributed by atoms with Crippen molar-refractivity contribution in [1.82, 2.24) is 0 Å². The lowest BCUT2D eigenvalue weighted by atomic mass is 9.77. The summed E-state index contributed by atoms with van der Waals surface area (Å²) < 4.78 is 11.4. The van der Waals surface area contributed by atoms with Crippen LogP contribution in [-0.2, 0) is 12.8 Å². The van der Waals surface area contributed by atoms with Crippen LogP contribution in [0.5, 0.6) is 11.5 Å². The number of aryl methyl sites for hydroxylation is 2. The Labute approximate surface area is 356 Å². The first kappa shape index (κ1) is 44.4. The molecule has 0 heterocycles. The third kappa shape index (κ3) is 14.5. The number of hydrogen-bond donors (Lipinski definition) is 0. The molecule has 0 spiro atoms. The fourth-order valence-electron chi connectivity index (χ4n) is 9.66. The molecule has 2 aliphatic rings. The van der Waals surface area contributed by atoms with E-state index in [1.165, 1.54) is 157 Å². The number of ether oxygens (including phenoxy) is 2. The molecule has 4 heteroatoms. The van der Waals surface area contributed by atoms with Crippen molar-refractivity contribution in [2.24, 2.45) is 11.8 Å². The number of carbonyl (C=O) groups excluding carboxylic acids is 2. The zero-order valence-electron chi connectivity index (χ0n) is 36.4. The summed E-state index contributed by atoms with van der Waals surface area (Å²) in [5.41, 5.74) is 6.54. The van der Waals surface area contributed by atoms with Crippen molar-refractivity contribution < 1.29 is 19.1 Å². The van der Waals surface area contributed by atoms with Crippen LogP contribution in [0.15, 0.2) is 97.1 Å². The first-order chi connectivity index (χ1) is 29.0. The summed E-state index contributed by atoms with van der Waals surface area (Å²) in [7, 11) is 0. The normalized spacial score (nSPS) is 19.3. The van der Waals surface area contributed by atoms with Crippen LogP contribution in [0.4, 0.5) is 0 Å². The molecule has 59 heavy (non-hydrogen) atoms. The molecular formula is C55H72O4. The van der Waals surface area contributed by atoms with Gasteiger partial charge in [0.1, 0.15) is 11.5 Å². The topological polar surface area (TPSA) is 52.6 Å². The standard InChI is InChI=1S/C55H72O4/c1-3-5-14-42-18-26-46(27-19-42)48-30-34-50(35-31-48)54(56)58-52-38-22-44(23-39-52)16-12-10-8-7-9-11-13-17-45-24-40-53(41-25-45)59-55(57)51-36-32-49(33-37-51)47-28-20-43(21-29-47)15-6-4-2/h22-25,30-43,46-47H,3-21,26-29H2,1-2H3. The summed E-state index contributed by atoms with van der Waals surface area (Å²) in [5, 5.41) is 0. The molecule has 2 aliphatic carbocycles. The predicted octanol–water partition coefficient (Wildman–Crippen LogP) is 15.6. The van der Waals surface area contributed by atoms with Crippen LogP contribution >= 0.6 is 0 Å². The number of unbranched alkanes of at least 4 members (excludes halogenated alkanes) is 8. The molecule has 4 aromatic carbocycles. The third-order valence-corrected chi connectivity index (χ3v) is 13.6. The Bertz CT molecular complexity index is 1660. The molecule has 0 aliphatic heterocycles. The molecule has 4 nitrogen and oxygen atoms in total. The minimum Gasteiger partial charge on any atom is -0.423 e. The van der Waals surface area contributed by atoms with Gasteiger partial charge in [0.05, 0.1) is 11.1 Å². The fourth-order valence-corrected chi connectivity index (χ4v) is 9.66. The van der Waals surface area contributed by atoms with Crippen molar-refractivity contribution in [1.29, 1.82) is 0 Å². The highest BCUT2D eigenvalue weighted by atomic mass is 16.5. The van der Waals surface area contributed by atoms with Crippen LogP contribution in [-0.4, -0.2) is 11.9 Å². The van der Waals surface area contributed by atoms with Crippen LogP contribution in [0.1, 0.15) is 203 Å². The van der Waals surface area contributed by atoms with Gasteiger partial charge < -0.3 is 9.47 Å². The summed E-state index contributed by atoms with van der Waals surface area (Å²) in [6.45, 7) is 4.56. The van der Waals surface area contributed by atoms with Crippen molar-refractivity contribution in [3.05, 3.63) is 130 Å². The number of carbonyl (C=O) groups is 2. The Balaban J connectivity index is 0.786. The van der Waals surface area contributed by atoms with E-state index in [9.17, 15) is 9.59 Å². The van der Waals surface area contributed by atoms with E-state index in [0.717, 1.165) is 24.7 Å². The van der Waals surface area contributed by atoms with Crippen LogP contribution in [0.2, 0.25) is 0 Å². The Hall–Kier alpha value is -4.18. The average molecular weight is 797 g/mol. The smallest absolute Gasteiger partial charge is 0.343 e. The first-order valence-electron chi connectivity index (χ1n) is 23.8. The maximum absolute atomic E-state index is 12.9. The van der Waals surface area contributed by atoms with Crippen molar-refractivity contribution in [3.8, 4) is 11.5 Å². The molecule has 0 atom stereocenters. The van der Waals surface area contributed by atoms with Crippen molar-refractivity contribution in [3.63, 3.8) is 0 Å². The first-order valence-corrected chi connectivity index (χ1v) is 23.8. The second kappa shape index (κ2) is 24.2. The summed E-state index contributed by atoms with van der Waals surface area (Å²) in [5.74, 6) is 3.69. The van der Waals surface area contributed by atoms with Crippen LogP contribution < -0.4 is 9.47 Å². The van der Waals surface area contributed by atoms with E-state index in [2.05, 4.69) is 62.4 Å². The summed E-state index contributed by atoms with van der Waals surface area (Å²) in [6.07, 6.45) is 29.2. The number of esters is 2. The molecule has 2 fully saturated rings. The van der Waals surface area contributed by atoms with E-state index in [1.807, 2.05) is 48.5 Å². The highest BCUT2D eigenvalue weighted by Gasteiger charge is 2.24. The van der Waals surface area contributed by atoms with E-state index in [4.69, 9.17) is 9.47 Å². The van der Waals surface area contributed by atoms with E-state index in [0.29, 0.717) is 34.5 Å². The third-order valence-electron chi connectivity index (χ3n) is 13.6. The maximum Gasteiger partial charge on any atom is 0.343 e. The van der Waals surface area contributed by atoms with E-state index >= 15 is 0 Å². The Kier molecular flexibility index (Phi) is 18.2. The molecule has 0 amide bonds. The van der Waals surface area contributed by atoms with Crippen molar-refractivity contribution >= 4 is 11.9 Å². The molecule has 0 radical (unpaired) electrons. The largest absolute Gasteiger partial charge is 0.423 e. The molecular weight excluding hydrogens is 725 g/mol. The number of rotatable bonds is 22. The molecule has 0 saturated heterocycles. The van der Waals surface area contributed by atoms with E-state index in [-0.39, 0.29) is 11.9 Å². The molecule has 0 bridgehead atoms. The Morgan fingerprint density at radius 2 is 0.763 bits per heavy atom. The molecule has 0 unspecified atom stereocenters. The molecule has 2 saturated carbocycles. The molecule has 4 aromatic rings. The quantitative estimate of drug-likeness (QED) is 0.0451. The highest BCUT2D eigenvalue weighted by Crippen LogP contribution is 2.39. The van der Waals surface area contributed by atoms with Gasteiger partial charge in [0, 0.05) is 0 Å². The molecule has 0 N–H and O–H groups in total. The minimum absolute atomic E-state index is 0.287. The maximum atomic E-state index is 12.9. The second-order valence-corrected chi connectivity index (χ2v) is 18.0. The van der Waals surface area contributed by atoms with Gasteiger partial charge in [-0.1, -0.05) is 133 Å². The van der Waals surface area contributed by atoms with Gasteiger partial charge in [-0.25, -0.2) is 9.59 Å². The van der Waals surface area contributed by atoms with E-state index < -0.39 is 0 Å². The summed E-state index contributed by atoms with van der Waals surface area (Å²) >= 11 is 0. The number of hydrogen-bond acceptors (Lipinski definition) is 4. The molecule has 316 valence electrons. The van der Waals surface area contributed by atoms with Gasteiger partial charge in [0.25, 0.3) is 0 Å². The fraction of sp³-hybridized carbons (Fsp3) is 0.527. The lowest BCUT2D eigenvalue weighted by Gasteiger charge is -2.28. The molecule has 6 rings (SSSR count). The zero-order chi connectivity index (χ0) is 41.1. The Morgan fingerprint density at radius 3 is 1.10 bits per heavy atom. The monoisotopic (exact) mass is 797 g/mol. The SMILES string of the molecule is CCCCC1CCC(c2ccc(C(=O)Oc3ccc(CCCCCCCCCc4ccc(OC(=O)c5ccc(C6CCC(CCCC)CC6)cc5)cc4)cc3)cc2)CC1. The average Bonchev–Trinajstić information content (AvgIpc) is 3.28. The van der Waals surface area contributed by atoms with Gasteiger partial charge >= 0.3 is 11.9 Å². The van der Waals surface area contributed by atoms with Crippen LogP contribution in [0.25, 0.3) is 0 Å². The summed E-state index contributed by atoms with van der Waals surface area (Å²) in [6, 6.07) is 32.4. The summed E-state index contributed by atoms with van der Waals surface area (Å²) in [4.78, 5) is 25.7. The van der Waals surface area contributed by atoms with Gasteiger partial charge in [-0.3, -0.25) is 0 Å². The second-order valence-electron chi connectivity index (χ2n) is 18.0. The lowest BCUT2D eigenvalue weighted by molar-refractivity contribution is 0.0725. The van der Waals surface area contributed by atoms with E-state index in [1.54, 1.807) is 0 Å². The Morgan fingerprint density at radius 1 is 0.424 bits per heavy atom. The van der Waals surface area contributed by atoms with Crippen LogP contribution in [0.3, 0.4) is 0 Å². The van der Waals surface area contributed by atoms with Gasteiger partial charge in [-0.15, -0.1) is 0 Å². The van der Waals surface area contributed by atoms with Gasteiger partial charge in [0.2, 0.25) is 0 Å². The van der Waals surface area contributed by atoms with Gasteiger partial charge in [-0.05, 0) is 172 Å². The molecule has 0 aromatic heterocycles. The van der Waals surface area contributed by atoms with Crippen LogP contribution in [0, 0.1) is 11.8 Å². The minimum atomic E-state index is -0.287. The number of benzene rings is 4. The predicted molar refractivity (Wildman–Crippen MR) is 244 cm³/mol.